The van der Waals surface area contributed by atoms with Crippen molar-refractivity contribution in [2.75, 3.05) is 26.1 Å². The van der Waals surface area contributed by atoms with E-state index >= 15 is 0 Å². The standard InChI is InChI=1S/C24H26N2O6S/c1-31-22-11-8-17(14-23(22)32-2)12-13-25-21-10-9-19(15-20(21)24(27)28)33(29,30)26-16-18-6-4-3-5-7-18/h3-11,14-15,25-26H,12-13,16H2,1-2H3,(H,27,28). The van der Waals surface area contributed by atoms with Crippen molar-refractivity contribution in [1.29, 1.82) is 0 Å². The summed E-state index contributed by atoms with van der Waals surface area (Å²) in [6, 6.07) is 18.6. The van der Waals surface area contributed by atoms with E-state index in [2.05, 4.69) is 10.0 Å². The Bertz CT molecular complexity index is 1210. The highest BCUT2D eigenvalue weighted by atomic mass is 32.2. The predicted molar refractivity (Wildman–Crippen MR) is 126 cm³/mol. The Kier molecular flexibility index (Phi) is 7.92. The lowest BCUT2D eigenvalue weighted by Gasteiger charge is -2.13. The van der Waals surface area contributed by atoms with Gasteiger partial charge in [0.2, 0.25) is 10.0 Å². The average molecular weight is 471 g/mol. The molecule has 3 aromatic rings. The molecule has 0 saturated carbocycles. The molecule has 0 aromatic heterocycles. The summed E-state index contributed by atoms with van der Waals surface area (Å²) in [5.74, 6) is 0.0163. The molecule has 174 valence electrons. The Morgan fingerprint density at radius 3 is 2.30 bits per heavy atom. The van der Waals surface area contributed by atoms with Crippen LogP contribution in [0.4, 0.5) is 5.69 Å². The van der Waals surface area contributed by atoms with Crippen LogP contribution < -0.4 is 19.5 Å². The van der Waals surface area contributed by atoms with E-state index in [1.165, 1.54) is 12.1 Å². The van der Waals surface area contributed by atoms with Gasteiger partial charge >= 0.3 is 5.97 Å². The van der Waals surface area contributed by atoms with Crippen molar-refractivity contribution in [1.82, 2.24) is 4.72 Å². The summed E-state index contributed by atoms with van der Waals surface area (Å²) in [6.45, 7) is 0.547. The van der Waals surface area contributed by atoms with Gasteiger partial charge in [0.05, 0.1) is 24.7 Å². The quantitative estimate of drug-likeness (QED) is 0.393. The first kappa shape index (κ1) is 24.1. The molecule has 0 unspecified atom stereocenters. The zero-order chi connectivity index (χ0) is 23.8. The molecule has 0 bridgehead atoms. The highest BCUT2D eigenvalue weighted by molar-refractivity contribution is 7.89. The van der Waals surface area contributed by atoms with Gasteiger partial charge in [0.1, 0.15) is 0 Å². The number of rotatable bonds is 11. The Balaban J connectivity index is 1.70. The molecule has 0 radical (unpaired) electrons. The highest BCUT2D eigenvalue weighted by Crippen LogP contribution is 2.28. The van der Waals surface area contributed by atoms with E-state index in [4.69, 9.17) is 9.47 Å². The Morgan fingerprint density at radius 2 is 1.64 bits per heavy atom. The average Bonchev–Trinajstić information content (AvgIpc) is 2.83. The molecule has 3 N–H and O–H groups in total. The number of hydrogen-bond donors (Lipinski definition) is 3. The van der Waals surface area contributed by atoms with E-state index in [-0.39, 0.29) is 17.0 Å². The van der Waals surface area contributed by atoms with Gasteiger partial charge in [0.25, 0.3) is 0 Å². The van der Waals surface area contributed by atoms with Crippen molar-refractivity contribution in [3.8, 4) is 11.5 Å². The summed E-state index contributed by atoms with van der Waals surface area (Å²) in [5.41, 5.74) is 1.99. The van der Waals surface area contributed by atoms with Crippen LogP contribution in [-0.2, 0) is 23.0 Å². The second-order valence-corrected chi connectivity index (χ2v) is 8.96. The molecule has 0 saturated heterocycles. The SMILES string of the molecule is COc1ccc(CCNc2ccc(S(=O)(=O)NCc3ccccc3)cc2C(=O)O)cc1OC. The van der Waals surface area contributed by atoms with Gasteiger partial charge in [-0.25, -0.2) is 17.9 Å². The monoisotopic (exact) mass is 470 g/mol. The van der Waals surface area contributed by atoms with Crippen LogP contribution in [0, 0.1) is 0 Å². The van der Waals surface area contributed by atoms with Gasteiger partial charge in [-0.05, 0) is 47.9 Å². The molecule has 0 spiro atoms. The third kappa shape index (κ3) is 6.24. The van der Waals surface area contributed by atoms with Crippen LogP contribution in [0.5, 0.6) is 11.5 Å². The van der Waals surface area contributed by atoms with Crippen molar-refractivity contribution in [2.45, 2.75) is 17.9 Å². The number of benzene rings is 3. The molecular weight excluding hydrogens is 444 g/mol. The third-order valence-electron chi connectivity index (χ3n) is 5.02. The molecule has 0 atom stereocenters. The number of aromatic carboxylic acids is 1. The maximum absolute atomic E-state index is 12.7. The summed E-state index contributed by atoms with van der Waals surface area (Å²) in [6.07, 6.45) is 0.595. The molecule has 33 heavy (non-hydrogen) atoms. The maximum Gasteiger partial charge on any atom is 0.337 e. The molecule has 3 aromatic carbocycles. The van der Waals surface area contributed by atoms with Gasteiger partial charge in [-0.3, -0.25) is 0 Å². The minimum Gasteiger partial charge on any atom is -0.493 e. The summed E-state index contributed by atoms with van der Waals surface area (Å²) < 4.78 is 38.3. The number of hydrogen-bond acceptors (Lipinski definition) is 6. The van der Waals surface area contributed by atoms with Crippen molar-refractivity contribution < 1.29 is 27.8 Å². The minimum atomic E-state index is -3.88. The first-order chi connectivity index (χ1) is 15.8. The van der Waals surface area contributed by atoms with Gasteiger partial charge in [-0.1, -0.05) is 36.4 Å². The van der Waals surface area contributed by atoms with Crippen LogP contribution in [0.3, 0.4) is 0 Å². The number of methoxy groups -OCH3 is 2. The first-order valence-corrected chi connectivity index (χ1v) is 11.7. The number of anilines is 1. The molecule has 0 aliphatic carbocycles. The molecule has 0 aliphatic rings. The number of carboxylic acids is 1. The van der Waals surface area contributed by atoms with Crippen LogP contribution >= 0.6 is 0 Å². The number of ether oxygens (including phenoxy) is 2. The topological polar surface area (TPSA) is 114 Å². The smallest absolute Gasteiger partial charge is 0.337 e. The van der Waals surface area contributed by atoms with Gasteiger partial charge in [0, 0.05) is 18.8 Å². The maximum atomic E-state index is 12.7. The van der Waals surface area contributed by atoms with E-state index in [1.807, 2.05) is 30.3 Å². The van der Waals surface area contributed by atoms with Crippen molar-refractivity contribution in [2.24, 2.45) is 0 Å². The van der Waals surface area contributed by atoms with Crippen LogP contribution in [-0.4, -0.2) is 40.3 Å². The van der Waals surface area contributed by atoms with Gasteiger partial charge < -0.3 is 19.9 Å². The fourth-order valence-electron chi connectivity index (χ4n) is 3.26. The second-order valence-electron chi connectivity index (χ2n) is 7.19. The number of carboxylic acid groups (broad SMARTS) is 1. The van der Waals surface area contributed by atoms with Crippen LogP contribution in [0.25, 0.3) is 0 Å². The van der Waals surface area contributed by atoms with Gasteiger partial charge in [-0.15, -0.1) is 0 Å². The van der Waals surface area contributed by atoms with Crippen LogP contribution in [0.1, 0.15) is 21.5 Å². The van der Waals surface area contributed by atoms with Crippen molar-refractivity contribution in [3.63, 3.8) is 0 Å². The van der Waals surface area contributed by atoms with Crippen molar-refractivity contribution >= 4 is 21.7 Å². The molecule has 0 heterocycles. The summed E-state index contributed by atoms with van der Waals surface area (Å²) >= 11 is 0. The van der Waals surface area contributed by atoms with Crippen molar-refractivity contribution in [3.05, 3.63) is 83.4 Å². The zero-order valence-electron chi connectivity index (χ0n) is 18.4. The van der Waals surface area contributed by atoms with E-state index in [0.29, 0.717) is 30.2 Å². The third-order valence-corrected chi connectivity index (χ3v) is 6.42. The molecule has 3 rings (SSSR count). The largest absolute Gasteiger partial charge is 0.493 e. The van der Waals surface area contributed by atoms with Gasteiger partial charge in [0.15, 0.2) is 11.5 Å². The summed E-state index contributed by atoms with van der Waals surface area (Å²) in [4.78, 5) is 11.7. The number of sulfonamides is 1. The minimum absolute atomic E-state index is 0.108. The Morgan fingerprint density at radius 1 is 0.909 bits per heavy atom. The molecule has 0 amide bonds. The van der Waals surface area contributed by atoms with E-state index < -0.39 is 16.0 Å². The summed E-state index contributed by atoms with van der Waals surface area (Å²) in [5, 5.41) is 12.7. The molecule has 0 aliphatic heterocycles. The highest BCUT2D eigenvalue weighted by Gasteiger charge is 2.19. The molecule has 0 fully saturated rings. The fraction of sp³-hybridized carbons (Fsp3) is 0.208. The van der Waals surface area contributed by atoms with E-state index in [0.717, 1.165) is 17.2 Å². The molecule has 8 nitrogen and oxygen atoms in total. The lowest BCUT2D eigenvalue weighted by molar-refractivity contribution is 0.0697. The Hall–Kier alpha value is -3.56. The number of nitrogens with one attached hydrogen (secondary N) is 2. The van der Waals surface area contributed by atoms with Gasteiger partial charge in [-0.2, -0.15) is 0 Å². The lowest BCUT2D eigenvalue weighted by Crippen LogP contribution is -2.23. The zero-order valence-corrected chi connectivity index (χ0v) is 19.2. The van der Waals surface area contributed by atoms with E-state index in [1.54, 1.807) is 32.4 Å². The number of carbonyl (C=O) groups is 1. The molecular formula is C24H26N2O6S. The van der Waals surface area contributed by atoms with E-state index in [9.17, 15) is 18.3 Å². The summed E-state index contributed by atoms with van der Waals surface area (Å²) in [7, 11) is -0.754. The molecule has 9 heteroatoms. The lowest BCUT2D eigenvalue weighted by atomic mass is 10.1. The normalized spacial score (nSPS) is 11.1. The second kappa shape index (κ2) is 10.8. The Labute approximate surface area is 193 Å². The predicted octanol–water partition coefficient (Wildman–Crippen LogP) is 3.54. The van der Waals surface area contributed by atoms with Crippen LogP contribution in [0.15, 0.2) is 71.6 Å². The fourth-order valence-corrected chi connectivity index (χ4v) is 4.30. The first-order valence-electron chi connectivity index (χ1n) is 10.2. The van der Waals surface area contributed by atoms with Crippen LogP contribution in [0.2, 0.25) is 0 Å².